The van der Waals surface area contributed by atoms with E-state index in [0.717, 1.165) is 5.92 Å². The number of piperidine rings is 1. The van der Waals surface area contributed by atoms with Crippen molar-refractivity contribution in [1.82, 2.24) is 9.88 Å². The zero-order valence-corrected chi connectivity index (χ0v) is 10.4. The first-order valence-electron chi connectivity index (χ1n) is 6.58. The van der Waals surface area contributed by atoms with E-state index in [0.29, 0.717) is 0 Å². The average Bonchev–Trinajstić information content (AvgIpc) is 2.69. The second-order valence-electron chi connectivity index (χ2n) is 5.20. The summed E-state index contributed by atoms with van der Waals surface area (Å²) < 4.78 is 2.25. The maximum atomic E-state index is 3.50. The highest BCUT2D eigenvalue weighted by Crippen LogP contribution is 2.24. The zero-order valence-electron chi connectivity index (χ0n) is 10.4. The molecular formula is C15H20N2. The first-order valence-corrected chi connectivity index (χ1v) is 6.58. The van der Waals surface area contributed by atoms with E-state index in [1.165, 1.54) is 48.8 Å². The summed E-state index contributed by atoms with van der Waals surface area (Å²) in [4.78, 5) is 0. The minimum atomic E-state index is 0.814. The lowest BCUT2D eigenvalue weighted by Gasteiger charge is -2.22. The quantitative estimate of drug-likeness (QED) is 0.836. The van der Waals surface area contributed by atoms with Crippen molar-refractivity contribution < 1.29 is 0 Å². The van der Waals surface area contributed by atoms with Crippen molar-refractivity contribution in [3.05, 3.63) is 36.0 Å². The smallest absolute Gasteiger partial charge is 0.0480 e. The molecule has 0 spiro atoms. The fourth-order valence-electron chi connectivity index (χ4n) is 3.00. The van der Waals surface area contributed by atoms with Gasteiger partial charge in [-0.15, -0.1) is 0 Å². The van der Waals surface area contributed by atoms with Gasteiger partial charge in [-0.1, -0.05) is 18.2 Å². The molecule has 1 fully saturated rings. The Labute approximate surface area is 103 Å². The molecule has 2 nitrogen and oxygen atoms in total. The first-order chi connectivity index (χ1) is 8.34. The SMILES string of the molecule is Cn1cc(CC2CCCNC2)c2ccccc21. The van der Waals surface area contributed by atoms with Crippen molar-refractivity contribution in [2.24, 2.45) is 13.0 Å². The van der Waals surface area contributed by atoms with Gasteiger partial charge in [0.15, 0.2) is 0 Å². The summed E-state index contributed by atoms with van der Waals surface area (Å²) in [6.07, 6.45) is 6.22. The van der Waals surface area contributed by atoms with E-state index >= 15 is 0 Å². The number of hydrogen-bond acceptors (Lipinski definition) is 1. The summed E-state index contributed by atoms with van der Waals surface area (Å²) in [7, 11) is 2.14. The van der Waals surface area contributed by atoms with Crippen LogP contribution in [-0.2, 0) is 13.5 Å². The molecule has 2 heterocycles. The molecule has 1 saturated heterocycles. The Morgan fingerprint density at radius 2 is 2.24 bits per heavy atom. The van der Waals surface area contributed by atoms with Gasteiger partial charge in [0.2, 0.25) is 0 Å². The molecule has 2 heteroatoms. The summed E-state index contributed by atoms with van der Waals surface area (Å²) in [5, 5.41) is 4.93. The predicted octanol–water partition coefficient (Wildman–Crippen LogP) is 2.72. The summed E-state index contributed by atoms with van der Waals surface area (Å²) in [5.41, 5.74) is 2.86. The van der Waals surface area contributed by atoms with Crippen LogP contribution in [0.3, 0.4) is 0 Å². The van der Waals surface area contributed by atoms with Gasteiger partial charge in [0.25, 0.3) is 0 Å². The fraction of sp³-hybridized carbons (Fsp3) is 0.467. The van der Waals surface area contributed by atoms with Crippen LogP contribution in [0.5, 0.6) is 0 Å². The molecular weight excluding hydrogens is 208 g/mol. The molecule has 1 aromatic heterocycles. The fourth-order valence-corrected chi connectivity index (χ4v) is 3.00. The summed E-state index contributed by atoms with van der Waals surface area (Å²) in [6.45, 7) is 2.38. The number of aryl methyl sites for hydroxylation is 1. The summed E-state index contributed by atoms with van der Waals surface area (Å²) >= 11 is 0. The van der Waals surface area contributed by atoms with Crippen LogP contribution in [0, 0.1) is 5.92 Å². The number of rotatable bonds is 2. The largest absolute Gasteiger partial charge is 0.350 e. The van der Waals surface area contributed by atoms with E-state index in [9.17, 15) is 0 Å². The van der Waals surface area contributed by atoms with E-state index in [2.05, 4.69) is 47.4 Å². The summed E-state index contributed by atoms with van der Waals surface area (Å²) in [6, 6.07) is 8.72. The van der Waals surface area contributed by atoms with Gasteiger partial charge in [-0.25, -0.2) is 0 Å². The third-order valence-electron chi connectivity index (χ3n) is 3.89. The van der Waals surface area contributed by atoms with E-state index < -0.39 is 0 Å². The highest BCUT2D eigenvalue weighted by molar-refractivity contribution is 5.83. The van der Waals surface area contributed by atoms with Crippen LogP contribution in [-0.4, -0.2) is 17.7 Å². The molecule has 17 heavy (non-hydrogen) atoms. The maximum absolute atomic E-state index is 3.50. The predicted molar refractivity (Wildman–Crippen MR) is 72.2 cm³/mol. The van der Waals surface area contributed by atoms with Gasteiger partial charge in [-0.3, -0.25) is 0 Å². The monoisotopic (exact) mass is 228 g/mol. The number of benzene rings is 1. The van der Waals surface area contributed by atoms with Gasteiger partial charge >= 0.3 is 0 Å². The highest BCUT2D eigenvalue weighted by atomic mass is 14.9. The van der Waals surface area contributed by atoms with Crippen molar-refractivity contribution in [2.75, 3.05) is 13.1 Å². The number of nitrogens with one attached hydrogen (secondary N) is 1. The second kappa shape index (κ2) is 4.53. The van der Waals surface area contributed by atoms with Gasteiger partial charge in [-0.2, -0.15) is 0 Å². The Bertz CT molecular complexity index is 507. The first kappa shape index (κ1) is 10.8. The molecule has 0 saturated carbocycles. The van der Waals surface area contributed by atoms with Crippen molar-refractivity contribution in [3.8, 4) is 0 Å². The third kappa shape index (κ3) is 2.09. The lowest BCUT2D eigenvalue weighted by molar-refractivity contribution is 0.376. The van der Waals surface area contributed by atoms with Crippen LogP contribution in [0.15, 0.2) is 30.5 Å². The van der Waals surface area contributed by atoms with Gasteiger partial charge < -0.3 is 9.88 Å². The lowest BCUT2D eigenvalue weighted by atomic mass is 9.92. The lowest BCUT2D eigenvalue weighted by Crippen LogP contribution is -2.30. The number of fused-ring (bicyclic) bond motifs is 1. The van der Waals surface area contributed by atoms with Crippen LogP contribution < -0.4 is 5.32 Å². The zero-order chi connectivity index (χ0) is 11.7. The van der Waals surface area contributed by atoms with E-state index in [4.69, 9.17) is 0 Å². The molecule has 1 N–H and O–H groups in total. The number of nitrogens with zero attached hydrogens (tertiary/aromatic N) is 1. The summed E-state index contributed by atoms with van der Waals surface area (Å²) in [5.74, 6) is 0.814. The number of aromatic nitrogens is 1. The molecule has 0 aliphatic carbocycles. The Hall–Kier alpha value is -1.28. The molecule has 90 valence electrons. The van der Waals surface area contributed by atoms with Crippen molar-refractivity contribution in [3.63, 3.8) is 0 Å². The van der Waals surface area contributed by atoms with E-state index in [-0.39, 0.29) is 0 Å². The molecule has 1 aromatic carbocycles. The number of para-hydroxylation sites is 1. The molecule has 0 radical (unpaired) electrons. The van der Waals surface area contributed by atoms with Gasteiger partial charge in [-0.05, 0) is 49.9 Å². The van der Waals surface area contributed by atoms with Crippen molar-refractivity contribution >= 4 is 10.9 Å². The van der Waals surface area contributed by atoms with Gasteiger partial charge in [0.05, 0.1) is 0 Å². The van der Waals surface area contributed by atoms with Crippen LogP contribution in [0.1, 0.15) is 18.4 Å². The molecule has 2 aromatic rings. The van der Waals surface area contributed by atoms with E-state index in [1.807, 2.05) is 0 Å². The van der Waals surface area contributed by atoms with Crippen LogP contribution in [0.4, 0.5) is 0 Å². The topological polar surface area (TPSA) is 17.0 Å². The van der Waals surface area contributed by atoms with E-state index in [1.54, 1.807) is 0 Å². The van der Waals surface area contributed by atoms with Crippen molar-refractivity contribution in [1.29, 1.82) is 0 Å². The standard InChI is InChI=1S/C15H20N2/c1-17-11-13(9-12-5-4-8-16-10-12)14-6-2-3-7-15(14)17/h2-3,6-7,11-12,16H,4-5,8-10H2,1H3. The maximum Gasteiger partial charge on any atom is 0.0480 e. The Kier molecular flexibility index (Phi) is 2.89. The Balaban J connectivity index is 1.89. The Morgan fingerprint density at radius 1 is 1.35 bits per heavy atom. The molecule has 1 aliphatic heterocycles. The van der Waals surface area contributed by atoms with Gasteiger partial charge in [0, 0.05) is 24.1 Å². The second-order valence-corrected chi connectivity index (χ2v) is 5.20. The molecule has 0 amide bonds. The molecule has 3 rings (SSSR count). The third-order valence-corrected chi connectivity index (χ3v) is 3.89. The molecule has 1 atom stereocenters. The molecule has 1 aliphatic rings. The molecule has 0 bridgehead atoms. The van der Waals surface area contributed by atoms with Crippen molar-refractivity contribution in [2.45, 2.75) is 19.3 Å². The normalized spacial score (nSPS) is 20.9. The number of hydrogen-bond donors (Lipinski definition) is 1. The minimum absolute atomic E-state index is 0.814. The van der Waals surface area contributed by atoms with Gasteiger partial charge in [0.1, 0.15) is 0 Å². The highest BCUT2D eigenvalue weighted by Gasteiger charge is 2.15. The average molecular weight is 228 g/mol. The Morgan fingerprint density at radius 3 is 3.06 bits per heavy atom. The molecule has 1 unspecified atom stereocenters. The van der Waals surface area contributed by atoms with Crippen LogP contribution in [0.25, 0.3) is 10.9 Å². The van der Waals surface area contributed by atoms with Crippen LogP contribution >= 0.6 is 0 Å². The van der Waals surface area contributed by atoms with Crippen LogP contribution in [0.2, 0.25) is 0 Å². The minimum Gasteiger partial charge on any atom is -0.350 e.